The second kappa shape index (κ2) is 5.60. The fraction of sp³-hybridized carbons (Fsp3) is 0.667. The summed E-state index contributed by atoms with van der Waals surface area (Å²) in [4.78, 5) is 18.2. The Hall–Kier alpha value is -0.940. The molecule has 0 saturated heterocycles. The third-order valence-corrected chi connectivity index (χ3v) is 3.07. The lowest BCUT2D eigenvalue weighted by Gasteiger charge is -2.28. The van der Waals surface area contributed by atoms with E-state index in [0.29, 0.717) is 6.54 Å². The van der Waals surface area contributed by atoms with Gasteiger partial charge in [-0.25, -0.2) is 4.98 Å². The lowest BCUT2D eigenvalue weighted by Crippen LogP contribution is -2.49. The number of nitrogens with one attached hydrogen (secondary N) is 1. The van der Waals surface area contributed by atoms with Gasteiger partial charge in [-0.1, -0.05) is 0 Å². The molecule has 1 heterocycles. The fourth-order valence-electron chi connectivity index (χ4n) is 1.38. The van der Waals surface area contributed by atoms with Crippen molar-refractivity contribution in [2.75, 3.05) is 7.05 Å². The van der Waals surface area contributed by atoms with Crippen molar-refractivity contribution in [3.8, 4) is 0 Å². The highest BCUT2D eigenvalue weighted by Gasteiger charge is 2.22. The maximum absolute atomic E-state index is 12.0. The van der Waals surface area contributed by atoms with Crippen molar-refractivity contribution in [1.29, 1.82) is 0 Å². The van der Waals surface area contributed by atoms with Crippen LogP contribution in [-0.4, -0.2) is 34.4 Å². The number of aromatic nitrogens is 1. The predicted molar refractivity (Wildman–Crippen MR) is 70.9 cm³/mol. The molecule has 5 heteroatoms. The Labute approximate surface area is 107 Å². The number of carbonyl (C=O) groups is 1. The first kappa shape index (κ1) is 14.1. The SMILES string of the molecule is CC(C(=O)NC(C)(C)C)N(C)Cc1cscn1. The molecule has 1 atom stereocenters. The van der Waals surface area contributed by atoms with Gasteiger partial charge in [0.25, 0.3) is 0 Å². The van der Waals surface area contributed by atoms with Crippen LogP contribution in [0.5, 0.6) is 0 Å². The molecule has 0 aliphatic heterocycles. The van der Waals surface area contributed by atoms with Crippen molar-refractivity contribution in [2.24, 2.45) is 0 Å². The number of nitrogens with zero attached hydrogens (tertiary/aromatic N) is 2. The van der Waals surface area contributed by atoms with Gasteiger partial charge in [0.15, 0.2) is 0 Å². The molecule has 4 nitrogen and oxygen atoms in total. The van der Waals surface area contributed by atoms with Crippen molar-refractivity contribution in [2.45, 2.75) is 45.8 Å². The second-order valence-electron chi connectivity index (χ2n) is 5.31. The topological polar surface area (TPSA) is 45.2 Å². The Balaban J connectivity index is 2.51. The summed E-state index contributed by atoms with van der Waals surface area (Å²) in [6, 6.07) is -0.157. The third-order valence-electron chi connectivity index (χ3n) is 2.43. The van der Waals surface area contributed by atoms with E-state index in [0.717, 1.165) is 5.69 Å². The third kappa shape index (κ3) is 4.83. The molecule has 1 aromatic heterocycles. The van der Waals surface area contributed by atoms with Crippen LogP contribution in [0.4, 0.5) is 0 Å². The average Bonchev–Trinajstić information content (AvgIpc) is 2.66. The zero-order valence-corrected chi connectivity index (χ0v) is 12.0. The second-order valence-corrected chi connectivity index (χ2v) is 6.03. The van der Waals surface area contributed by atoms with E-state index in [1.165, 1.54) is 0 Å². The Morgan fingerprint density at radius 2 is 2.24 bits per heavy atom. The number of amides is 1. The minimum absolute atomic E-state index is 0.0511. The Morgan fingerprint density at radius 1 is 1.59 bits per heavy atom. The molecule has 17 heavy (non-hydrogen) atoms. The zero-order valence-electron chi connectivity index (χ0n) is 11.2. The van der Waals surface area contributed by atoms with Crippen LogP contribution in [0.3, 0.4) is 0 Å². The van der Waals surface area contributed by atoms with Crippen LogP contribution < -0.4 is 5.32 Å². The van der Waals surface area contributed by atoms with Gasteiger partial charge in [-0.3, -0.25) is 9.69 Å². The standard InChI is InChI=1S/C12H21N3OS/c1-9(11(16)14-12(2,3)4)15(5)6-10-7-17-8-13-10/h7-9H,6H2,1-5H3,(H,14,16). The molecule has 0 fully saturated rings. The maximum atomic E-state index is 12.0. The maximum Gasteiger partial charge on any atom is 0.237 e. The van der Waals surface area contributed by atoms with E-state index in [9.17, 15) is 4.79 Å². The number of carbonyl (C=O) groups excluding carboxylic acids is 1. The van der Waals surface area contributed by atoms with Gasteiger partial charge in [0.1, 0.15) is 0 Å². The predicted octanol–water partition coefficient (Wildman–Crippen LogP) is 1.88. The van der Waals surface area contributed by atoms with E-state index in [2.05, 4.69) is 10.3 Å². The minimum atomic E-state index is -0.188. The highest BCUT2D eigenvalue weighted by molar-refractivity contribution is 7.07. The molecular formula is C12H21N3OS. The van der Waals surface area contributed by atoms with Gasteiger partial charge < -0.3 is 5.32 Å². The smallest absolute Gasteiger partial charge is 0.237 e. The van der Waals surface area contributed by atoms with Crippen LogP contribution in [0.15, 0.2) is 10.9 Å². The summed E-state index contributed by atoms with van der Waals surface area (Å²) in [6.45, 7) is 8.56. The van der Waals surface area contributed by atoms with E-state index < -0.39 is 0 Å². The summed E-state index contributed by atoms with van der Waals surface area (Å²) in [6.07, 6.45) is 0. The van der Waals surface area contributed by atoms with Crippen LogP contribution in [0.1, 0.15) is 33.4 Å². The first-order chi connectivity index (χ1) is 7.79. The molecule has 0 aliphatic carbocycles. The van der Waals surface area contributed by atoms with E-state index in [1.54, 1.807) is 11.3 Å². The summed E-state index contributed by atoms with van der Waals surface area (Å²) in [5.41, 5.74) is 2.63. The number of hydrogen-bond acceptors (Lipinski definition) is 4. The zero-order chi connectivity index (χ0) is 13.1. The van der Waals surface area contributed by atoms with Gasteiger partial charge in [-0.15, -0.1) is 11.3 Å². The molecule has 1 unspecified atom stereocenters. The summed E-state index contributed by atoms with van der Waals surface area (Å²) in [7, 11) is 1.94. The molecule has 0 radical (unpaired) electrons. The van der Waals surface area contributed by atoms with Gasteiger partial charge >= 0.3 is 0 Å². The van der Waals surface area contributed by atoms with Crippen molar-refractivity contribution in [1.82, 2.24) is 15.2 Å². The number of thiazole rings is 1. The lowest BCUT2D eigenvalue weighted by molar-refractivity contribution is -0.127. The van der Waals surface area contributed by atoms with Crippen LogP contribution in [-0.2, 0) is 11.3 Å². The van der Waals surface area contributed by atoms with Crippen molar-refractivity contribution in [3.05, 3.63) is 16.6 Å². The first-order valence-corrected chi connectivity index (χ1v) is 6.63. The van der Waals surface area contributed by atoms with E-state index >= 15 is 0 Å². The molecular weight excluding hydrogens is 234 g/mol. The van der Waals surface area contributed by atoms with Crippen LogP contribution >= 0.6 is 11.3 Å². The summed E-state index contributed by atoms with van der Waals surface area (Å²) >= 11 is 1.57. The number of hydrogen-bond donors (Lipinski definition) is 1. The van der Waals surface area contributed by atoms with Crippen molar-refractivity contribution in [3.63, 3.8) is 0 Å². The van der Waals surface area contributed by atoms with Gasteiger partial charge in [-0.2, -0.15) is 0 Å². The van der Waals surface area contributed by atoms with Crippen LogP contribution in [0.25, 0.3) is 0 Å². The van der Waals surface area contributed by atoms with E-state index in [-0.39, 0.29) is 17.5 Å². The van der Waals surface area contributed by atoms with Gasteiger partial charge in [0.2, 0.25) is 5.91 Å². The lowest BCUT2D eigenvalue weighted by atomic mass is 10.1. The molecule has 0 aliphatic rings. The van der Waals surface area contributed by atoms with Gasteiger partial charge in [0, 0.05) is 17.5 Å². The molecule has 96 valence electrons. The number of rotatable bonds is 4. The minimum Gasteiger partial charge on any atom is -0.350 e. The van der Waals surface area contributed by atoms with E-state index in [4.69, 9.17) is 0 Å². The molecule has 1 N–H and O–H groups in total. The summed E-state index contributed by atoms with van der Waals surface area (Å²) in [5, 5.41) is 4.99. The fourth-order valence-corrected chi connectivity index (χ4v) is 1.93. The van der Waals surface area contributed by atoms with Crippen LogP contribution in [0, 0.1) is 0 Å². The number of likely N-dealkylation sites (N-methyl/N-ethyl adjacent to an activating group) is 1. The largest absolute Gasteiger partial charge is 0.350 e. The quantitative estimate of drug-likeness (QED) is 0.893. The Bertz CT molecular complexity index is 356. The Morgan fingerprint density at radius 3 is 2.71 bits per heavy atom. The van der Waals surface area contributed by atoms with Crippen molar-refractivity contribution < 1.29 is 4.79 Å². The molecule has 1 amide bonds. The van der Waals surface area contributed by atoms with Crippen LogP contribution in [0.2, 0.25) is 0 Å². The van der Waals surface area contributed by atoms with Crippen molar-refractivity contribution >= 4 is 17.2 Å². The highest BCUT2D eigenvalue weighted by atomic mass is 32.1. The molecule has 1 rings (SSSR count). The first-order valence-electron chi connectivity index (χ1n) is 5.69. The molecule has 1 aromatic rings. The molecule has 0 aromatic carbocycles. The normalized spacial score (nSPS) is 13.8. The van der Waals surface area contributed by atoms with Gasteiger partial charge in [0.05, 0.1) is 17.2 Å². The van der Waals surface area contributed by atoms with E-state index in [1.807, 2.05) is 50.5 Å². The summed E-state index contributed by atoms with van der Waals surface area (Å²) < 4.78 is 0. The Kier molecular flexibility index (Phi) is 4.65. The average molecular weight is 255 g/mol. The molecule has 0 saturated carbocycles. The molecule has 0 spiro atoms. The highest BCUT2D eigenvalue weighted by Crippen LogP contribution is 2.08. The monoisotopic (exact) mass is 255 g/mol. The molecule has 0 bridgehead atoms. The van der Waals surface area contributed by atoms with Gasteiger partial charge in [-0.05, 0) is 34.7 Å². The summed E-state index contributed by atoms with van der Waals surface area (Å²) in [5.74, 6) is 0.0511.